The molecule has 2 aromatic heterocycles. The van der Waals surface area contributed by atoms with Gasteiger partial charge in [0.1, 0.15) is 5.82 Å². The van der Waals surface area contributed by atoms with Crippen molar-refractivity contribution in [1.82, 2.24) is 9.55 Å². The molecule has 5 nitrogen and oxygen atoms in total. The van der Waals surface area contributed by atoms with Crippen molar-refractivity contribution >= 4 is 73.4 Å². The van der Waals surface area contributed by atoms with Crippen molar-refractivity contribution in [2.75, 3.05) is 9.80 Å². The van der Waals surface area contributed by atoms with E-state index in [1.165, 1.54) is 48.6 Å². The summed E-state index contributed by atoms with van der Waals surface area (Å²) in [5.41, 5.74) is 16.8. The first-order chi connectivity index (χ1) is 40.5. The Morgan fingerprint density at radius 1 is 0.435 bits per heavy atom. The van der Waals surface area contributed by atoms with Gasteiger partial charge in [-0.25, -0.2) is 4.98 Å². The predicted octanol–water partition coefficient (Wildman–Crippen LogP) is 17.6. The van der Waals surface area contributed by atoms with Gasteiger partial charge in [-0.2, -0.15) is 6.07 Å². The topological polar surface area (TPSA) is 33.5 Å². The van der Waals surface area contributed by atoms with Gasteiger partial charge in [0.05, 0.1) is 0 Å². The van der Waals surface area contributed by atoms with Crippen molar-refractivity contribution in [2.24, 2.45) is 0 Å². The first kappa shape index (κ1) is 55.6. The fourth-order valence-corrected chi connectivity index (χ4v) is 18.1. The van der Waals surface area contributed by atoms with Crippen LogP contribution in [0, 0.1) is 18.8 Å². The number of fused-ring (bicyclic) bond motifs is 7. The molecule has 7 heteroatoms. The molecule has 0 saturated carbocycles. The Morgan fingerprint density at radius 3 is 1.60 bits per heavy atom. The van der Waals surface area contributed by atoms with Crippen molar-refractivity contribution < 1.29 is 25.8 Å². The second-order valence-electron chi connectivity index (χ2n) is 25.7. The van der Waals surface area contributed by atoms with Crippen molar-refractivity contribution in [3.8, 4) is 50.7 Å². The third-order valence-corrected chi connectivity index (χ3v) is 22.1. The van der Waals surface area contributed by atoms with Crippen LogP contribution in [0.2, 0.25) is 0 Å². The fourth-order valence-electron chi connectivity index (χ4n) is 13.0. The van der Waals surface area contributed by atoms with E-state index >= 15 is 0 Å². The molecule has 0 unspecified atom stereocenters. The van der Waals surface area contributed by atoms with Crippen LogP contribution in [-0.2, 0) is 37.3 Å². The molecule has 0 fully saturated rings. The van der Waals surface area contributed by atoms with Gasteiger partial charge in [0.2, 0.25) is 0 Å². The number of rotatable bonds is 9. The summed E-state index contributed by atoms with van der Waals surface area (Å²) in [6, 6.07) is 92.8. The number of anilines is 4. The van der Waals surface area contributed by atoms with Crippen molar-refractivity contribution in [2.45, 2.75) is 78.6 Å². The number of pyridine rings is 1. The maximum absolute atomic E-state index is 7.39. The standard InChI is InChI=1S/C78H67N4OSi.Pt/c1-76(2,3)54-36-39-60(40-37-54)84(72-34-22-17-29-64(72)65-30-18-23-35-73(65)84)61-48-57(47-59(49-61)83-58-38-41-63-62-28-16-19-31-68(62)82(71(63)50-58)74-46-55(42-43-79-74)77(4,5)6)80-51-81(70-33-21-20-32-69(70)80)75-66(52-24-12-10-13-25-52)44-56(78(7,8)9)45-67(75)53-26-14-11-15-27-53;/h10-46,48-49,51H,1-9H3;/q-3;. The van der Waals surface area contributed by atoms with Gasteiger partial charge < -0.3 is 19.1 Å². The van der Waals surface area contributed by atoms with Gasteiger partial charge in [0, 0.05) is 72.5 Å². The number of hydrogen-bond acceptors (Lipinski definition) is 4. The average Bonchev–Trinajstić information content (AvgIpc) is 1.62. The van der Waals surface area contributed by atoms with Crippen LogP contribution >= 0.6 is 0 Å². The van der Waals surface area contributed by atoms with E-state index in [0.29, 0.717) is 11.5 Å². The molecule has 10 aromatic carbocycles. The Balaban J connectivity index is 0.00000672. The Morgan fingerprint density at radius 2 is 0.988 bits per heavy atom. The van der Waals surface area contributed by atoms with Crippen molar-refractivity contribution in [3.05, 3.63) is 272 Å². The second kappa shape index (κ2) is 21.2. The minimum absolute atomic E-state index is 0. The summed E-state index contributed by atoms with van der Waals surface area (Å²) in [6.45, 7) is 22.8. The molecule has 0 amide bonds. The Labute approximate surface area is 516 Å². The van der Waals surface area contributed by atoms with E-state index in [1.807, 2.05) is 6.20 Å². The zero-order valence-electron chi connectivity index (χ0n) is 49.6. The normalized spacial score (nSPS) is 13.6. The van der Waals surface area contributed by atoms with E-state index < -0.39 is 8.07 Å². The molecule has 0 bridgehead atoms. The number of nitrogens with zero attached hydrogens (tertiary/aromatic N) is 4. The van der Waals surface area contributed by atoms with Crippen LogP contribution in [0.3, 0.4) is 0 Å². The first-order valence-corrected chi connectivity index (χ1v) is 31.3. The predicted molar refractivity (Wildman–Crippen MR) is 354 cm³/mol. The summed E-state index contributed by atoms with van der Waals surface area (Å²) in [5.74, 6) is 2.03. The zero-order valence-corrected chi connectivity index (χ0v) is 52.9. The van der Waals surface area contributed by atoms with Gasteiger partial charge in [0.15, 0.2) is 8.07 Å². The van der Waals surface area contributed by atoms with Gasteiger partial charge in [-0.3, -0.25) is 0 Å². The van der Waals surface area contributed by atoms with Crippen LogP contribution in [0.15, 0.2) is 237 Å². The van der Waals surface area contributed by atoms with Crippen molar-refractivity contribution in [1.29, 1.82) is 0 Å². The van der Waals surface area contributed by atoms with Gasteiger partial charge in [-0.05, 0) is 119 Å². The van der Waals surface area contributed by atoms with E-state index in [1.54, 1.807) is 0 Å². The van der Waals surface area contributed by atoms with E-state index in [4.69, 9.17) is 9.72 Å². The number of para-hydroxylation sites is 3. The molecule has 0 atom stereocenters. The smallest absolute Gasteiger partial charge is 0.157 e. The molecule has 12 aromatic rings. The zero-order chi connectivity index (χ0) is 57.7. The molecule has 14 rings (SSSR count). The molecule has 0 spiro atoms. The summed E-state index contributed by atoms with van der Waals surface area (Å²) in [5, 5.41) is 7.42. The van der Waals surface area contributed by atoms with Crippen LogP contribution in [0.5, 0.6) is 11.5 Å². The Bertz CT molecular complexity index is 4400. The molecular formula is C78H67N4OPtSi-3. The summed E-state index contributed by atoms with van der Waals surface area (Å²) in [6.07, 6.45) is 1.93. The molecule has 0 saturated heterocycles. The van der Waals surface area contributed by atoms with Crippen LogP contribution in [0.4, 0.5) is 22.7 Å². The summed E-state index contributed by atoms with van der Waals surface area (Å²) >= 11 is 0. The monoisotopic (exact) mass is 1300 g/mol. The van der Waals surface area contributed by atoms with Gasteiger partial charge >= 0.3 is 0 Å². The molecule has 422 valence electrons. The number of ether oxygens (including phenoxy) is 1. The van der Waals surface area contributed by atoms with E-state index in [-0.39, 0.29) is 37.3 Å². The SMILES string of the molecule is CC(C)(C)c1ccc([Si]2(c3cc(Oc4[c-]c5c(cc4)c4ccccc4n5-c4cc(C(C)(C)C)ccn4)[c-]c(N4[CH-]N(c5c(-c6ccccc6)cc(C(C)(C)C)cc5-c5ccccc5)c5ccccc54)c3)c3ccccc3-c3ccccc32)cc1.[Pt]. The molecule has 0 N–H and O–H groups in total. The Hall–Kier alpha value is -8.54. The molecule has 2 aliphatic rings. The van der Waals surface area contributed by atoms with Crippen LogP contribution in [0.25, 0.3) is 61.0 Å². The van der Waals surface area contributed by atoms with Crippen LogP contribution in [0.1, 0.15) is 79.0 Å². The molecule has 4 heterocycles. The number of benzene rings is 10. The summed E-state index contributed by atoms with van der Waals surface area (Å²) in [4.78, 5) is 9.76. The molecule has 2 aliphatic heterocycles. The Kier molecular flexibility index (Phi) is 13.9. The molecule has 0 radical (unpaired) electrons. The number of aromatic nitrogens is 2. The summed E-state index contributed by atoms with van der Waals surface area (Å²) < 4.78 is 9.63. The molecule has 85 heavy (non-hydrogen) atoms. The van der Waals surface area contributed by atoms with Gasteiger partial charge in [0.25, 0.3) is 0 Å². The van der Waals surface area contributed by atoms with Gasteiger partial charge in [-0.15, -0.1) is 53.3 Å². The maximum atomic E-state index is 7.39. The third-order valence-electron chi connectivity index (χ3n) is 17.3. The minimum Gasteiger partial charge on any atom is -0.509 e. The minimum atomic E-state index is -3.16. The maximum Gasteiger partial charge on any atom is 0.157 e. The average molecular weight is 1300 g/mol. The van der Waals surface area contributed by atoms with E-state index in [0.717, 1.165) is 72.6 Å². The van der Waals surface area contributed by atoms with E-state index in [2.05, 4.69) is 326 Å². The quantitative estimate of drug-likeness (QED) is 0.107. The second-order valence-corrected chi connectivity index (χ2v) is 29.5. The molecular weight excluding hydrogens is 1230 g/mol. The summed E-state index contributed by atoms with van der Waals surface area (Å²) in [7, 11) is -3.16. The van der Waals surface area contributed by atoms with Gasteiger partial charge in [-0.1, -0.05) is 232 Å². The third kappa shape index (κ3) is 9.55. The van der Waals surface area contributed by atoms with Crippen molar-refractivity contribution in [3.63, 3.8) is 0 Å². The van der Waals surface area contributed by atoms with Crippen LogP contribution < -0.4 is 35.3 Å². The largest absolute Gasteiger partial charge is 0.509 e. The molecule has 0 aliphatic carbocycles. The van der Waals surface area contributed by atoms with Crippen LogP contribution in [-0.4, -0.2) is 17.6 Å². The first-order valence-electron chi connectivity index (χ1n) is 29.3. The van der Waals surface area contributed by atoms with E-state index in [9.17, 15) is 0 Å². The number of hydrogen-bond donors (Lipinski definition) is 0. The fraction of sp³-hybridized carbons (Fsp3) is 0.154.